The molecule has 1 amide bonds. The van der Waals surface area contributed by atoms with E-state index in [4.69, 9.17) is 0 Å². The predicted octanol–water partition coefficient (Wildman–Crippen LogP) is 3.17. The molecule has 3 rings (SSSR count). The summed E-state index contributed by atoms with van der Waals surface area (Å²) in [6.45, 7) is 4.11. The van der Waals surface area contributed by atoms with Crippen LogP contribution in [-0.2, 0) is 4.79 Å². The predicted molar refractivity (Wildman–Crippen MR) is 86.7 cm³/mol. The van der Waals surface area contributed by atoms with E-state index in [0.717, 1.165) is 6.42 Å². The monoisotopic (exact) mass is 296 g/mol. The molecule has 5 nitrogen and oxygen atoms in total. The third-order valence-corrected chi connectivity index (χ3v) is 4.02. The molecule has 0 saturated carbocycles. The molecule has 114 valence electrons. The summed E-state index contributed by atoms with van der Waals surface area (Å²) in [7, 11) is 0. The SMILES string of the molecule is C[C@H](Nc1nccc(N2C(=O)CC[C@@H]2C)n1)c1ccccc1. The van der Waals surface area contributed by atoms with Crippen LogP contribution < -0.4 is 10.2 Å². The van der Waals surface area contributed by atoms with E-state index in [9.17, 15) is 4.79 Å². The Bertz CT molecular complexity index is 659. The topological polar surface area (TPSA) is 58.1 Å². The van der Waals surface area contributed by atoms with Gasteiger partial charge in [0.05, 0.1) is 6.04 Å². The number of amides is 1. The molecule has 22 heavy (non-hydrogen) atoms. The first kappa shape index (κ1) is 14.5. The summed E-state index contributed by atoms with van der Waals surface area (Å²) in [5.41, 5.74) is 1.17. The summed E-state index contributed by atoms with van der Waals surface area (Å²) >= 11 is 0. The van der Waals surface area contributed by atoms with Crippen molar-refractivity contribution in [3.63, 3.8) is 0 Å². The Morgan fingerprint density at radius 2 is 2.05 bits per heavy atom. The van der Waals surface area contributed by atoms with Gasteiger partial charge in [-0.1, -0.05) is 30.3 Å². The van der Waals surface area contributed by atoms with Crippen molar-refractivity contribution in [3.05, 3.63) is 48.2 Å². The van der Waals surface area contributed by atoms with Gasteiger partial charge in [-0.2, -0.15) is 4.98 Å². The first-order chi connectivity index (χ1) is 10.6. The van der Waals surface area contributed by atoms with Gasteiger partial charge in [-0.25, -0.2) is 4.98 Å². The summed E-state index contributed by atoms with van der Waals surface area (Å²) in [5.74, 6) is 1.35. The van der Waals surface area contributed by atoms with Gasteiger partial charge in [0.1, 0.15) is 5.82 Å². The molecular formula is C17H20N4O. The van der Waals surface area contributed by atoms with Crippen LogP contribution in [-0.4, -0.2) is 21.9 Å². The van der Waals surface area contributed by atoms with Gasteiger partial charge in [0.25, 0.3) is 0 Å². The van der Waals surface area contributed by atoms with E-state index in [0.29, 0.717) is 18.2 Å². The maximum atomic E-state index is 12.0. The maximum Gasteiger partial charge on any atom is 0.228 e. The van der Waals surface area contributed by atoms with Crippen molar-refractivity contribution < 1.29 is 4.79 Å². The van der Waals surface area contributed by atoms with Gasteiger partial charge in [-0.3, -0.25) is 9.69 Å². The Balaban J connectivity index is 1.78. The smallest absolute Gasteiger partial charge is 0.228 e. The quantitative estimate of drug-likeness (QED) is 0.941. The highest BCUT2D eigenvalue weighted by molar-refractivity contribution is 5.95. The Kier molecular flexibility index (Phi) is 4.04. The number of anilines is 2. The number of carbonyl (C=O) groups excluding carboxylic acids is 1. The molecule has 1 aliphatic heterocycles. The van der Waals surface area contributed by atoms with Crippen LogP contribution in [0.2, 0.25) is 0 Å². The highest BCUT2D eigenvalue weighted by Gasteiger charge is 2.29. The largest absolute Gasteiger partial charge is 0.348 e. The van der Waals surface area contributed by atoms with E-state index >= 15 is 0 Å². The van der Waals surface area contributed by atoms with Crippen molar-refractivity contribution in [2.75, 3.05) is 10.2 Å². The lowest BCUT2D eigenvalue weighted by Crippen LogP contribution is -2.31. The van der Waals surface area contributed by atoms with Crippen molar-refractivity contribution in [3.8, 4) is 0 Å². The zero-order valence-electron chi connectivity index (χ0n) is 12.9. The number of rotatable bonds is 4. The second kappa shape index (κ2) is 6.13. The van der Waals surface area contributed by atoms with Crippen molar-refractivity contribution in [1.82, 2.24) is 9.97 Å². The van der Waals surface area contributed by atoms with Crippen LogP contribution in [0, 0.1) is 0 Å². The van der Waals surface area contributed by atoms with Crippen molar-refractivity contribution in [1.29, 1.82) is 0 Å². The lowest BCUT2D eigenvalue weighted by atomic mass is 10.1. The van der Waals surface area contributed by atoms with Gasteiger partial charge >= 0.3 is 0 Å². The average molecular weight is 296 g/mol. The van der Waals surface area contributed by atoms with Crippen LogP contribution in [0.5, 0.6) is 0 Å². The number of benzene rings is 1. The summed E-state index contributed by atoms with van der Waals surface area (Å²) in [6.07, 6.45) is 3.17. The first-order valence-electron chi connectivity index (χ1n) is 7.62. The van der Waals surface area contributed by atoms with Crippen LogP contribution in [0.4, 0.5) is 11.8 Å². The molecule has 5 heteroatoms. The molecule has 2 aromatic rings. The number of nitrogens with one attached hydrogen (secondary N) is 1. The summed E-state index contributed by atoms with van der Waals surface area (Å²) < 4.78 is 0. The fourth-order valence-corrected chi connectivity index (χ4v) is 2.75. The number of hydrogen-bond donors (Lipinski definition) is 1. The van der Waals surface area contributed by atoms with Gasteiger partial charge in [-0.15, -0.1) is 0 Å². The molecule has 1 N–H and O–H groups in total. The molecule has 0 spiro atoms. The standard InChI is InChI=1S/C17H20N4O/c1-12-8-9-16(22)21(12)15-10-11-18-17(20-15)19-13(2)14-6-4-3-5-7-14/h3-7,10-13H,8-9H2,1-2H3,(H,18,19,20)/t12-,13-/m0/s1. The third-order valence-electron chi connectivity index (χ3n) is 4.02. The summed E-state index contributed by atoms with van der Waals surface area (Å²) in [5, 5.41) is 3.29. The van der Waals surface area contributed by atoms with Crippen LogP contribution in [0.25, 0.3) is 0 Å². The number of carbonyl (C=O) groups is 1. The third kappa shape index (κ3) is 2.93. The van der Waals surface area contributed by atoms with Crippen molar-refractivity contribution >= 4 is 17.7 Å². The molecule has 0 unspecified atom stereocenters. The minimum Gasteiger partial charge on any atom is -0.348 e. The number of hydrogen-bond acceptors (Lipinski definition) is 4. The number of nitrogens with zero attached hydrogens (tertiary/aromatic N) is 3. The molecule has 0 radical (unpaired) electrons. The average Bonchev–Trinajstić information content (AvgIpc) is 2.87. The van der Waals surface area contributed by atoms with Gasteiger partial charge in [0.15, 0.2) is 0 Å². The molecule has 2 heterocycles. The molecule has 0 bridgehead atoms. The van der Waals surface area contributed by atoms with E-state index in [1.165, 1.54) is 5.56 Å². The zero-order chi connectivity index (χ0) is 15.5. The number of aromatic nitrogens is 2. The molecule has 0 aliphatic carbocycles. The molecular weight excluding hydrogens is 276 g/mol. The van der Waals surface area contributed by atoms with Gasteiger partial charge in [0, 0.05) is 18.7 Å². The molecule has 1 aliphatic rings. The lowest BCUT2D eigenvalue weighted by Gasteiger charge is -2.21. The molecule has 1 saturated heterocycles. The van der Waals surface area contributed by atoms with Crippen molar-refractivity contribution in [2.45, 2.75) is 38.8 Å². The van der Waals surface area contributed by atoms with E-state index in [2.05, 4.69) is 34.3 Å². The Morgan fingerprint density at radius 3 is 2.73 bits per heavy atom. The van der Waals surface area contributed by atoms with Crippen LogP contribution in [0.3, 0.4) is 0 Å². The maximum absolute atomic E-state index is 12.0. The second-order valence-corrected chi connectivity index (χ2v) is 5.67. The zero-order valence-corrected chi connectivity index (χ0v) is 12.9. The summed E-state index contributed by atoms with van der Waals surface area (Å²) in [6, 6.07) is 12.2. The lowest BCUT2D eigenvalue weighted by molar-refractivity contribution is -0.117. The summed E-state index contributed by atoms with van der Waals surface area (Å²) in [4.78, 5) is 22.5. The second-order valence-electron chi connectivity index (χ2n) is 5.67. The fraction of sp³-hybridized carbons (Fsp3) is 0.353. The van der Waals surface area contributed by atoms with Gasteiger partial charge < -0.3 is 5.32 Å². The fourth-order valence-electron chi connectivity index (χ4n) is 2.75. The molecule has 1 aromatic heterocycles. The van der Waals surface area contributed by atoms with Crippen LogP contribution in [0.15, 0.2) is 42.6 Å². The highest BCUT2D eigenvalue weighted by Crippen LogP contribution is 2.25. The van der Waals surface area contributed by atoms with E-state index in [1.807, 2.05) is 25.1 Å². The molecule has 1 fully saturated rings. The van der Waals surface area contributed by atoms with Gasteiger partial charge in [-0.05, 0) is 31.9 Å². The minimum atomic E-state index is 0.100. The van der Waals surface area contributed by atoms with Crippen LogP contribution in [0.1, 0.15) is 38.3 Å². The van der Waals surface area contributed by atoms with E-state index in [-0.39, 0.29) is 18.0 Å². The van der Waals surface area contributed by atoms with E-state index in [1.54, 1.807) is 17.2 Å². The Hall–Kier alpha value is -2.43. The highest BCUT2D eigenvalue weighted by atomic mass is 16.2. The van der Waals surface area contributed by atoms with E-state index < -0.39 is 0 Å². The van der Waals surface area contributed by atoms with Crippen molar-refractivity contribution in [2.24, 2.45) is 0 Å². The Labute approximate surface area is 130 Å². The van der Waals surface area contributed by atoms with Gasteiger partial charge in [0.2, 0.25) is 11.9 Å². The molecule has 2 atom stereocenters. The normalized spacial score (nSPS) is 19.3. The first-order valence-corrected chi connectivity index (χ1v) is 7.62. The minimum absolute atomic E-state index is 0.100. The Morgan fingerprint density at radius 1 is 1.27 bits per heavy atom. The van der Waals surface area contributed by atoms with Crippen LogP contribution >= 0.6 is 0 Å². The molecule has 1 aromatic carbocycles.